The molecule has 0 aliphatic carbocycles. The van der Waals surface area contributed by atoms with Crippen LogP contribution >= 0.6 is 11.8 Å². The Morgan fingerprint density at radius 2 is 2.38 bits per heavy atom. The fourth-order valence-electron chi connectivity index (χ4n) is 1.28. The van der Waals surface area contributed by atoms with Crippen molar-refractivity contribution in [3.05, 3.63) is 47.3 Å². The zero-order valence-corrected chi connectivity index (χ0v) is 10.5. The number of hydrogen-bond acceptors (Lipinski definition) is 4. The van der Waals surface area contributed by atoms with Crippen molar-refractivity contribution in [2.24, 2.45) is 5.73 Å². The van der Waals surface area contributed by atoms with Gasteiger partial charge in [-0.15, -0.1) is 0 Å². The molecule has 16 heavy (non-hydrogen) atoms. The van der Waals surface area contributed by atoms with Crippen molar-refractivity contribution in [1.82, 2.24) is 10.3 Å². The summed E-state index contributed by atoms with van der Waals surface area (Å²) in [4.78, 5) is 5.43. The summed E-state index contributed by atoms with van der Waals surface area (Å²) in [6, 6.07) is 4.06. The molecule has 0 saturated carbocycles. The van der Waals surface area contributed by atoms with Gasteiger partial charge in [-0.1, -0.05) is 30.5 Å². The fraction of sp³-hybridized carbons (Fsp3) is 0.250. The lowest BCUT2D eigenvalue weighted by molar-refractivity contribution is 0.813. The van der Waals surface area contributed by atoms with Gasteiger partial charge in [-0.05, 0) is 25.6 Å². The van der Waals surface area contributed by atoms with E-state index in [4.69, 9.17) is 5.73 Å². The zero-order valence-electron chi connectivity index (χ0n) is 9.66. The van der Waals surface area contributed by atoms with Gasteiger partial charge in [0.1, 0.15) is 0 Å². The first kappa shape index (κ1) is 12.8. The molecule has 0 unspecified atom stereocenters. The highest BCUT2D eigenvalue weighted by Gasteiger charge is 2.03. The van der Waals surface area contributed by atoms with E-state index in [1.165, 1.54) is 17.3 Å². The molecule has 1 rings (SSSR count). The van der Waals surface area contributed by atoms with Crippen molar-refractivity contribution >= 4 is 16.7 Å². The summed E-state index contributed by atoms with van der Waals surface area (Å²) in [6.45, 7) is 6.47. The van der Waals surface area contributed by atoms with E-state index in [-0.39, 0.29) is 0 Å². The minimum atomic E-state index is 0.578. The van der Waals surface area contributed by atoms with E-state index in [2.05, 4.69) is 22.9 Å². The molecular formula is C12H17N3S. The lowest BCUT2D eigenvalue weighted by atomic mass is 10.2. The van der Waals surface area contributed by atoms with Crippen molar-refractivity contribution in [3.63, 3.8) is 0 Å². The van der Waals surface area contributed by atoms with Gasteiger partial charge in [-0.25, -0.2) is 0 Å². The summed E-state index contributed by atoms with van der Waals surface area (Å²) in [5.74, 6) is 0. The maximum absolute atomic E-state index is 5.57. The summed E-state index contributed by atoms with van der Waals surface area (Å²) in [5.41, 5.74) is 7.67. The van der Waals surface area contributed by atoms with Gasteiger partial charge in [0.15, 0.2) is 0 Å². The Morgan fingerprint density at radius 3 is 2.81 bits per heavy atom. The lowest BCUT2D eigenvalue weighted by Crippen LogP contribution is -2.05. The second kappa shape index (κ2) is 6.35. The first-order chi connectivity index (χ1) is 7.67. The molecule has 0 bridgehead atoms. The average molecular weight is 235 g/mol. The summed E-state index contributed by atoms with van der Waals surface area (Å²) >= 11 is 1.44. The topological polar surface area (TPSA) is 50.9 Å². The van der Waals surface area contributed by atoms with E-state index in [1.807, 2.05) is 32.3 Å². The van der Waals surface area contributed by atoms with E-state index in [9.17, 15) is 0 Å². The quantitative estimate of drug-likeness (QED) is 0.822. The van der Waals surface area contributed by atoms with Crippen LogP contribution in [0.4, 0.5) is 0 Å². The third-order valence-electron chi connectivity index (χ3n) is 1.96. The fourth-order valence-corrected chi connectivity index (χ4v) is 1.90. The molecule has 3 nitrogen and oxygen atoms in total. The van der Waals surface area contributed by atoms with Gasteiger partial charge in [0.2, 0.25) is 0 Å². The minimum absolute atomic E-state index is 0.578. The molecule has 0 radical (unpaired) electrons. The molecular weight excluding hydrogens is 218 g/mol. The number of nitrogens with one attached hydrogen (secondary N) is 1. The van der Waals surface area contributed by atoms with E-state index >= 15 is 0 Å². The number of nitrogens with two attached hydrogens (primary N) is 1. The highest BCUT2D eigenvalue weighted by atomic mass is 32.2. The molecule has 0 aliphatic rings. The van der Waals surface area contributed by atoms with Gasteiger partial charge in [0.05, 0.1) is 10.7 Å². The Labute approximate surface area is 101 Å². The summed E-state index contributed by atoms with van der Waals surface area (Å²) in [7, 11) is 1.92. The molecule has 0 fully saturated rings. The number of nitrogens with zero attached hydrogens (tertiary/aromatic N) is 1. The van der Waals surface area contributed by atoms with Crippen LogP contribution in [0.1, 0.15) is 18.2 Å². The monoisotopic (exact) mass is 235 g/mol. The molecule has 0 saturated heterocycles. The molecule has 1 aromatic heterocycles. The van der Waals surface area contributed by atoms with Crippen LogP contribution in [0.5, 0.6) is 0 Å². The molecule has 86 valence electrons. The standard InChI is InChI=1S/C12H17N3S/c1-4-12(16-9(2)13)11-6-5-10(7-14-3)8-15-11/h4-6,8,14H,2,7,13H2,1,3H3/b12-4-. The predicted molar refractivity (Wildman–Crippen MR) is 71.6 cm³/mol. The van der Waals surface area contributed by atoms with E-state index < -0.39 is 0 Å². The summed E-state index contributed by atoms with van der Waals surface area (Å²) in [6.07, 6.45) is 3.86. The Bertz CT molecular complexity index is 382. The molecule has 1 heterocycles. The van der Waals surface area contributed by atoms with Crippen molar-refractivity contribution in [2.45, 2.75) is 13.5 Å². The molecule has 3 N–H and O–H groups in total. The average Bonchev–Trinajstić information content (AvgIpc) is 2.27. The van der Waals surface area contributed by atoms with Crippen LogP contribution in [-0.4, -0.2) is 12.0 Å². The largest absolute Gasteiger partial charge is 0.394 e. The molecule has 0 amide bonds. The highest BCUT2D eigenvalue weighted by Crippen LogP contribution is 2.28. The van der Waals surface area contributed by atoms with E-state index in [0.29, 0.717) is 5.03 Å². The van der Waals surface area contributed by atoms with Gasteiger partial charge >= 0.3 is 0 Å². The number of rotatable bonds is 5. The molecule has 4 heteroatoms. The van der Waals surface area contributed by atoms with Crippen LogP contribution in [0.3, 0.4) is 0 Å². The van der Waals surface area contributed by atoms with Crippen molar-refractivity contribution in [2.75, 3.05) is 7.05 Å². The van der Waals surface area contributed by atoms with E-state index in [1.54, 1.807) is 0 Å². The van der Waals surface area contributed by atoms with Crippen LogP contribution in [0.25, 0.3) is 4.91 Å². The number of pyridine rings is 1. The predicted octanol–water partition coefficient (Wildman–Crippen LogP) is 2.32. The molecule has 0 spiro atoms. The molecule has 0 aromatic carbocycles. The van der Waals surface area contributed by atoms with Crippen LogP contribution < -0.4 is 11.1 Å². The normalized spacial score (nSPS) is 11.5. The van der Waals surface area contributed by atoms with Gasteiger partial charge < -0.3 is 11.1 Å². The van der Waals surface area contributed by atoms with Crippen molar-refractivity contribution in [3.8, 4) is 0 Å². The number of aromatic nitrogens is 1. The second-order valence-electron chi connectivity index (χ2n) is 3.30. The second-order valence-corrected chi connectivity index (χ2v) is 4.47. The summed E-state index contributed by atoms with van der Waals surface area (Å²) in [5, 5.41) is 3.66. The van der Waals surface area contributed by atoms with Crippen LogP contribution in [0, 0.1) is 0 Å². The lowest BCUT2D eigenvalue weighted by Gasteiger charge is -2.06. The number of hydrogen-bond donors (Lipinski definition) is 2. The first-order valence-electron chi connectivity index (χ1n) is 5.05. The zero-order chi connectivity index (χ0) is 12.0. The number of thioether (sulfide) groups is 1. The van der Waals surface area contributed by atoms with Crippen molar-refractivity contribution in [1.29, 1.82) is 0 Å². The maximum Gasteiger partial charge on any atom is 0.0766 e. The SMILES string of the molecule is C=C(N)S/C(=C\C)c1ccc(CNC)cn1. The van der Waals surface area contributed by atoms with Gasteiger partial charge in [0.25, 0.3) is 0 Å². The van der Waals surface area contributed by atoms with E-state index in [0.717, 1.165) is 17.1 Å². The molecule has 1 aromatic rings. The van der Waals surface area contributed by atoms with Gasteiger partial charge in [-0.3, -0.25) is 4.98 Å². The Balaban J connectivity index is 2.83. The maximum atomic E-state index is 5.57. The van der Waals surface area contributed by atoms with Crippen molar-refractivity contribution < 1.29 is 0 Å². The minimum Gasteiger partial charge on any atom is -0.394 e. The first-order valence-corrected chi connectivity index (χ1v) is 5.87. The van der Waals surface area contributed by atoms with Crippen LogP contribution in [-0.2, 0) is 6.54 Å². The Hall–Kier alpha value is -1.26. The Morgan fingerprint density at radius 1 is 1.62 bits per heavy atom. The van der Waals surface area contributed by atoms with Gasteiger partial charge in [-0.2, -0.15) is 0 Å². The molecule has 0 atom stereocenters. The van der Waals surface area contributed by atoms with Crippen LogP contribution in [0.15, 0.2) is 36.0 Å². The highest BCUT2D eigenvalue weighted by molar-refractivity contribution is 8.11. The Kier molecular flexibility index (Phi) is 5.08. The third-order valence-corrected chi connectivity index (χ3v) is 2.89. The van der Waals surface area contributed by atoms with Crippen LogP contribution in [0.2, 0.25) is 0 Å². The smallest absolute Gasteiger partial charge is 0.0766 e. The van der Waals surface area contributed by atoms with Gasteiger partial charge in [0, 0.05) is 17.6 Å². The third kappa shape index (κ3) is 3.72. The number of allylic oxidation sites excluding steroid dienone is 1. The summed E-state index contributed by atoms with van der Waals surface area (Å²) < 4.78 is 0. The molecule has 0 aliphatic heterocycles.